The van der Waals surface area contributed by atoms with Gasteiger partial charge in [0.2, 0.25) is 0 Å². The summed E-state index contributed by atoms with van der Waals surface area (Å²) in [5.41, 5.74) is 2.88. The van der Waals surface area contributed by atoms with Gasteiger partial charge in [0.1, 0.15) is 0 Å². The summed E-state index contributed by atoms with van der Waals surface area (Å²) in [4.78, 5) is 2.07. The monoisotopic (exact) mass is 198 g/mol. The molecule has 2 bridgehead atoms. The van der Waals surface area contributed by atoms with Gasteiger partial charge in [-0.25, -0.2) is 0 Å². The maximum Gasteiger partial charge on any atom is -0.0148 e. The predicted molar refractivity (Wildman–Crippen MR) is 47.0 cm³/mol. The summed E-state index contributed by atoms with van der Waals surface area (Å²) in [6.07, 6.45) is 4.14. The summed E-state index contributed by atoms with van der Waals surface area (Å²) < 4.78 is 0. The van der Waals surface area contributed by atoms with Crippen LogP contribution < -0.4 is 0 Å². The summed E-state index contributed by atoms with van der Waals surface area (Å²) in [5.74, 6) is 1.67. The Balaban J connectivity index is 2.33. The van der Waals surface area contributed by atoms with E-state index in [-0.39, 0.29) is 0 Å². The van der Waals surface area contributed by atoms with Gasteiger partial charge in [0.25, 0.3) is 0 Å². The van der Waals surface area contributed by atoms with E-state index in [1.54, 1.807) is 0 Å². The number of hydrogen-bond donors (Lipinski definition) is 0. The molecule has 0 spiro atoms. The molecule has 0 aromatic carbocycles. The van der Waals surface area contributed by atoms with E-state index < -0.39 is 0 Å². The molecule has 2 unspecified atom stereocenters. The van der Waals surface area contributed by atoms with Gasteiger partial charge in [-0.1, -0.05) is 22.5 Å². The Bertz CT molecular complexity index is 203. The normalized spacial score (nSPS) is 41.7. The van der Waals surface area contributed by atoms with Crippen molar-refractivity contribution >= 4 is 15.9 Å². The molecular weight excluding hydrogens is 188 g/mol. The van der Waals surface area contributed by atoms with Crippen LogP contribution in [-0.4, -0.2) is 0 Å². The van der Waals surface area contributed by atoms with E-state index >= 15 is 0 Å². The van der Waals surface area contributed by atoms with Gasteiger partial charge in [0.15, 0.2) is 0 Å². The van der Waals surface area contributed by atoms with E-state index in [9.17, 15) is 0 Å². The highest BCUT2D eigenvalue weighted by atomic mass is 79.9. The van der Waals surface area contributed by atoms with Crippen LogP contribution in [0.25, 0.3) is 0 Å². The number of allylic oxidation sites excluding steroid dienone is 2. The van der Waals surface area contributed by atoms with E-state index in [0.29, 0.717) is 0 Å². The van der Waals surface area contributed by atoms with Crippen LogP contribution in [-0.2, 0) is 0 Å². The van der Waals surface area contributed by atoms with Crippen molar-refractivity contribution in [3.63, 3.8) is 0 Å². The van der Waals surface area contributed by atoms with E-state index in [1.165, 1.54) is 30.4 Å². The molecule has 2 aliphatic carbocycles. The zero-order valence-electron chi connectivity index (χ0n) is 5.94. The van der Waals surface area contributed by atoms with Gasteiger partial charge in [0.05, 0.1) is 0 Å². The highest BCUT2D eigenvalue weighted by molar-refractivity contribution is 9.11. The van der Waals surface area contributed by atoms with Gasteiger partial charge in [-0.2, -0.15) is 0 Å². The van der Waals surface area contributed by atoms with Gasteiger partial charge < -0.3 is 0 Å². The molecule has 2 saturated carbocycles. The van der Waals surface area contributed by atoms with Crippen molar-refractivity contribution in [1.82, 2.24) is 0 Å². The summed E-state index contributed by atoms with van der Waals surface area (Å²) in [6, 6.07) is 0. The summed E-state index contributed by atoms with van der Waals surface area (Å²) in [7, 11) is 0. The molecule has 2 atom stereocenters. The van der Waals surface area contributed by atoms with E-state index in [4.69, 9.17) is 0 Å². The molecule has 0 radical (unpaired) electrons. The van der Waals surface area contributed by atoms with Crippen molar-refractivity contribution in [2.75, 3.05) is 0 Å². The number of fused-ring (bicyclic) bond motifs is 2. The first kappa shape index (κ1) is 6.66. The van der Waals surface area contributed by atoms with Crippen LogP contribution >= 0.6 is 15.9 Å². The second kappa shape index (κ2) is 2.23. The molecule has 0 aromatic heterocycles. The summed E-state index contributed by atoms with van der Waals surface area (Å²) >= 11 is 3.40. The fourth-order valence-corrected chi connectivity index (χ4v) is 2.91. The van der Waals surface area contributed by atoms with Crippen molar-refractivity contribution in [1.29, 1.82) is 0 Å². The van der Waals surface area contributed by atoms with E-state index in [0.717, 1.165) is 11.8 Å². The third-order valence-corrected chi connectivity index (χ3v) is 3.35. The van der Waals surface area contributed by atoms with E-state index in [1.807, 2.05) is 0 Å². The Kier molecular flexibility index (Phi) is 1.48. The maximum absolute atomic E-state index is 4.09. The largest absolute Gasteiger partial charge is 0.0952 e. The van der Waals surface area contributed by atoms with Crippen LogP contribution in [0, 0.1) is 11.8 Å². The minimum absolute atomic E-state index is 0.828. The highest BCUT2D eigenvalue weighted by Crippen LogP contribution is 2.51. The number of hydrogen-bond acceptors (Lipinski definition) is 0. The van der Waals surface area contributed by atoms with Crippen LogP contribution in [0.4, 0.5) is 0 Å². The van der Waals surface area contributed by atoms with Gasteiger partial charge in [-0.15, -0.1) is 0 Å². The second-order valence-corrected chi connectivity index (χ2v) is 3.75. The fraction of sp³-hybridized carbons (Fsp3) is 0.556. The van der Waals surface area contributed by atoms with Gasteiger partial charge in [0, 0.05) is 0 Å². The van der Waals surface area contributed by atoms with Gasteiger partial charge >= 0.3 is 0 Å². The topological polar surface area (TPSA) is 0 Å². The molecule has 0 heterocycles. The average molecular weight is 199 g/mol. The quantitative estimate of drug-likeness (QED) is 0.561. The molecule has 2 aliphatic rings. The standard InChI is InChI=1S/C9H11Br/c1-6-7-2-3-8(4-7)9(6)5-10/h5,7-8H,1-4H2/b9-5+. The van der Waals surface area contributed by atoms with Gasteiger partial charge in [-0.3, -0.25) is 0 Å². The zero-order valence-corrected chi connectivity index (χ0v) is 7.52. The maximum atomic E-state index is 4.09. The molecule has 0 saturated heterocycles. The zero-order chi connectivity index (χ0) is 7.14. The fourth-order valence-electron chi connectivity index (χ4n) is 2.24. The van der Waals surface area contributed by atoms with Gasteiger partial charge in [-0.05, 0) is 47.2 Å². The molecule has 0 aliphatic heterocycles. The Morgan fingerprint density at radius 2 is 2.10 bits per heavy atom. The molecule has 0 N–H and O–H groups in total. The first-order valence-corrected chi connectivity index (χ1v) is 4.74. The predicted octanol–water partition coefficient (Wildman–Crippen LogP) is 3.25. The molecule has 0 aromatic rings. The second-order valence-electron chi connectivity index (χ2n) is 3.30. The molecule has 2 rings (SSSR count). The summed E-state index contributed by atoms with van der Waals surface area (Å²) in [6.45, 7) is 4.09. The smallest absolute Gasteiger partial charge is 0.0148 e. The molecular formula is C9H11Br. The van der Waals surface area contributed by atoms with Crippen molar-refractivity contribution in [3.8, 4) is 0 Å². The Labute approximate surface area is 70.1 Å². The molecule has 0 amide bonds. The number of halogens is 1. The lowest BCUT2D eigenvalue weighted by molar-refractivity contribution is 0.657. The lowest BCUT2D eigenvalue weighted by Crippen LogP contribution is -1.99. The first-order chi connectivity index (χ1) is 4.83. The molecule has 0 nitrogen and oxygen atoms in total. The van der Waals surface area contributed by atoms with Crippen molar-refractivity contribution in [2.24, 2.45) is 11.8 Å². The molecule has 1 heteroatoms. The molecule has 2 fully saturated rings. The Morgan fingerprint density at radius 1 is 1.40 bits per heavy atom. The van der Waals surface area contributed by atoms with E-state index in [2.05, 4.69) is 27.5 Å². The summed E-state index contributed by atoms with van der Waals surface area (Å²) in [5, 5.41) is 0. The lowest BCUT2D eigenvalue weighted by atomic mass is 9.92. The van der Waals surface area contributed by atoms with Crippen molar-refractivity contribution < 1.29 is 0 Å². The SMILES string of the molecule is C=C1/C(=C\Br)C2CCC1C2. The van der Waals surface area contributed by atoms with Crippen LogP contribution in [0.1, 0.15) is 19.3 Å². The Morgan fingerprint density at radius 3 is 2.50 bits per heavy atom. The molecule has 54 valence electrons. The number of rotatable bonds is 0. The highest BCUT2D eigenvalue weighted by Gasteiger charge is 2.37. The minimum Gasteiger partial charge on any atom is -0.0952 e. The van der Waals surface area contributed by atoms with Crippen LogP contribution in [0.3, 0.4) is 0 Å². The van der Waals surface area contributed by atoms with Crippen molar-refractivity contribution in [2.45, 2.75) is 19.3 Å². The van der Waals surface area contributed by atoms with Crippen LogP contribution in [0.2, 0.25) is 0 Å². The van der Waals surface area contributed by atoms with Crippen LogP contribution in [0.15, 0.2) is 22.7 Å². The molecule has 10 heavy (non-hydrogen) atoms. The van der Waals surface area contributed by atoms with Crippen molar-refractivity contribution in [3.05, 3.63) is 22.7 Å². The third-order valence-electron chi connectivity index (χ3n) is 2.85. The Hall–Kier alpha value is -0.0400. The first-order valence-electron chi connectivity index (χ1n) is 3.82. The minimum atomic E-state index is 0.828. The van der Waals surface area contributed by atoms with Crippen LogP contribution in [0.5, 0.6) is 0 Å². The average Bonchev–Trinajstić information content (AvgIpc) is 2.46. The third kappa shape index (κ3) is 0.731. The lowest BCUT2D eigenvalue weighted by Gasteiger charge is -2.14.